The molecule has 0 saturated heterocycles. The van der Waals surface area contributed by atoms with Crippen LogP contribution in [0.1, 0.15) is 0 Å². The van der Waals surface area contributed by atoms with Crippen molar-refractivity contribution >= 4 is 63.7 Å². The van der Waals surface area contributed by atoms with Crippen molar-refractivity contribution in [2.45, 2.75) is 13.4 Å². The molecule has 0 amide bonds. The maximum absolute atomic E-state index is 12.7. The molecular weight excluding hydrogens is 394 g/mol. The molecule has 0 aliphatic heterocycles. The molecule has 9 heavy (non-hydrogen) atoms. The zero-order valence-corrected chi connectivity index (χ0v) is 10.3. The Bertz CT molecular complexity index is 81.8. The molecule has 0 N–H and O–H groups in total. The van der Waals surface area contributed by atoms with Gasteiger partial charge in [-0.15, -0.1) is 0 Å². The van der Waals surface area contributed by atoms with Gasteiger partial charge in [-0.1, -0.05) is 31.9 Å². The first-order chi connectivity index (χ1) is 3.89. The highest BCUT2D eigenvalue weighted by Gasteiger charge is 2.41. The van der Waals surface area contributed by atoms with Gasteiger partial charge in [0.05, 0.1) is 0 Å². The van der Waals surface area contributed by atoms with E-state index in [1.54, 1.807) is 0 Å². The van der Waals surface area contributed by atoms with E-state index in [0.717, 1.165) is 0 Å². The van der Waals surface area contributed by atoms with Gasteiger partial charge in [0.1, 0.15) is 3.74 Å². The highest BCUT2D eigenvalue weighted by Crippen LogP contribution is 2.40. The van der Waals surface area contributed by atoms with E-state index in [9.17, 15) is 8.78 Å². The number of halogens is 6. The first-order valence-electron chi connectivity index (χ1n) is 1.83. The fourth-order valence-electron chi connectivity index (χ4n) is 0.0952. The molecule has 0 rings (SSSR count). The third-order valence-corrected chi connectivity index (χ3v) is 5.28. The van der Waals surface area contributed by atoms with Crippen molar-refractivity contribution in [1.82, 2.24) is 0 Å². The van der Waals surface area contributed by atoms with Crippen LogP contribution in [0.2, 0.25) is 0 Å². The summed E-state index contributed by atoms with van der Waals surface area (Å²) >= 11 is 10.6. The van der Waals surface area contributed by atoms with Crippen molar-refractivity contribution < 1.29 is 8.78 Å². The topological polar surface area (TPSA) is 0 Å². The van der Waals surface area contributed by atoms with Crippen molar-refractivity contribution in [3.05, 3.63) is 0 Å². The van der Waals surface area contributed by atoms with Gasteiger partial charge in [-0.2, -0.15) is 0 Å². The number of rotatable bonds is 2. The average Bonchev–Trinajstić information content (AvgIpc) is 1.65. The lowest BCUT2D eigenvalue weighted by Crippen LogP contribution is -2.29. The SMILES string of the molecule is FC(Br)C(F)(Br)C(Br)Br. The lowest BCUT2D eigenvalue weighted by Gasteiger charge is -2.19. The minimum atomic E-state index is -2.10. The van der Waals surface area contributed by atoms with Gasteiger partial charge in [0.25, 0.3) is 0 Å². The largest absolute Gasteiger partial charge is 0.230 e. The minimum Gasteiger partial charge on any atom is -0.230 e. The van der Waals surface area contributed by atoms with Crippen molar-refractivity contribution in [2.75, 3.05) is 0 Å². The van der Waals surface area contributed by atoms with Crippen LogP contribution in [0.25, 0.3) is 0 Å². The number of hydrogen-bond donors (Lipinski definition) is 0. The first-order valence-corrected chi connectivity index (χ1v) is 5.37. The van der Waals surface area contributed by atoms with Crippen molar-refractivity contribution in [1.29, 1.82) is 0 Å². The smallest absolute Gasteiger partial charge is 0.227 e. The molecule has 56 valence electrons. The van der Waals surface area contributed by atoms with Gasteiger partial charge in [-0.3, -0.25) is 0 Å². The normalized spacial score (nSPS) is 21.7. The molecule has 0 aliphatic rings. The average molecular weight is 396 g/mol. The highest BCUT2D eigenvalue weighted by atomic mass is 79.9. The zero-order valence-electron chi connectivity index (χ0n) is 3.92. The molecule has 0 bridgehead atoms. The van der Waals surface area contributed by atoms with Gasteiger partial charge in [0.2, 0.25) is 9.66 Å². The summed E-state index contributed by atoms with van der Waals surface area (Å²) in [4.78, 5) is 0. The monoisotopic (exact) mass is 392 g/mol. The Morgan fingerprint density at radius 1 is 1.22 bits per heavy atom. The molecule has 0 heterocycles. The second-order valence-electron chi connectivity index (χ2n) is 1.28. The van der Waals surface area contributed by atoms with E-state index in [-0.39, 0.29) is 0 Å². The van der Waals surface area contributed by atoms with Crippen LogP contribution < -0.4 is 0 Å². The number of alkyl halides is 6. The Kier molecular flexibility index (Phi) is 4.76. The molecular formula is C3H2Br4F2. The summed E-state index contributed by atoms with van der Waals surface area (Å²) in [5.41, 5.74) is 0. The Morgan fingerprint density at radius 2 is 1.56 bits per heavy atom. The Labute approximate surface area is 85.3 Å². The summed E-state index contributed by atoms with van der Waals surface area (Å²) in [6.07, 6.45) is 0. The first kappa shape index (κ1) is 10.8. The second kappa shape index (κ2) is 3.97. The quantitative estimate of drug-likeness (QED) is 0.623. The van der Waals surface area contributed by atoms with Crippen molar-refractivity contribution in [3.8, 4) is 0 Å². The third kappa shape index (κ3) is 3.12. The third-order valence-electron chi connectivity index (χ3n) is 0.582. The van der Waals surface area contributed by atoms with Crippen LogP contribution in [0.5, 0.6) is 0 Å². The van der Waals surface area contributed by atoms with Gasteiger partial charge in [-0.05, 0) is 31.9 Å². The van der Waals surface area contributed by atoms with E-state index < -0.39 is 13.4 Å². The lowest BCUT2D eigenvalue weighted by atomic mass is 10.5. The number of hydrogen-bond acceptors (Lipinski definition) is 0. The standard InChI is InChI=1S/C3H2Br4F2/c4-1(5)3(7,9)2(6)8/h1-2H. The molecule has 0 aromatic rings. The summed E-state index contributed by atoms with van der Waals surface area (Å²) in [5, 5.41) is -1.74. The van der Waals surface area contributed by atoms with E-state index in [1.807, 2.05) is 0 Å². The van der Waals surface area contributed by atoms with E-state index in [4.69, 9.17) is 0 Å². The second-order valence-corrected chi connectivity index (χ2v) is 6.36. The van der Waals surface area contributed by atoms with Crippen LogP contribution in [0.4, 0.5) is 8.78 Å². The molecule has 0 aromatic carbocycles. The summed E-state index contributed by atoms with van der Waals surface area (Å²) in [6.45, 7) is 0. The Hall–Kier alpha value is 1.78. The summed E-state index contributed by atoms with van der Waals surface area (Å²) in [6, 6.07) is 0. The molecule has 0 aromatic heterocycles. The highest BCUT2D eigenvalue weighted by molar-refractivity contribution is 9.25. The molecule has 6 heteroatoms. The zero-order chi connectivity index (χ0) is 7.65. The molecule has 2 unspecified atom stereocenters. The van der Waals surface area contributed by atoms with Gasteiger partial charge in [-0.25, -0.2) is 8.78 Å². The van der Waals surface area contributed by atoms with Crippen molar-refractivity contribution in [3.63, 3.8) is 0 Å². The molecule has 0 nitrogen and oxygen atoms in total. The Morgan fingerprint density at radius 3 is 1.56 bits per heavy atom. The van der Waals surface area contributed by atoms with Crippen molar-refractivity contribution in [2.24, 2.45) is 0 Å². The van der Waals surface area contributed by atoms with Gasteiger partial charge >= 0.3 is 0 Å². The maximum atomic E-state index is 12.7. The molecule has 0 spiro atoms. The van der Waals surface area contributed by atoms with Gasteiger partial charge < -0.3 is 0 Å². The predicted molar refractivity (Wildman–Crippen MR) is 48.2 cm³/mol. The molecule has 2 atom stereocenters. The fraction of sp³-hybridized carbons (Fsp3) is 1.00. The van der Waals surface area contributed by atoms with Gasteiger partial charge in [0, 0.05) is 0 Å². The van der Waals surface area contributed by atoms with E-state index in [2.05, 4.69) is 63.7 Å². The van der Waals surface area contributed by atoms with Crippen LogP contribution in [0.3, 0.4) is 0 Å². The molecule has 0 radical (unpaired) electrons. The summed E-state index contributed by atoms with van der Waals surface area (Å²) in [5.74, 6) is 0. The van der Waals surface area contributed by atoms with Crippen LogP contribution in [0, 0.1) is 0 Å². The fourth-order valence-corrected chi connectivity index (χ4v) is 1.53. The minimum absolute atomic E-state index is 0.758. The van der Waals surface area contributed by atoms with E-state index in [1.165, 1.54) is 0 Å². The molecule has 0 fully saturated rings. The molecule has 0 aliphatic carbocycles. The lowest BCUT2D eigenvalue weighted by molar-refractivity contribution is 0.232. The van der Waals surface area contributed by atoms with Crippen LogP contribution in [0.15, 0.2) is 0 Å². The summed E-state index contributed by atoms with van der Waals surface area (Å²) in [7, 11) is 0. The van der Waals surface area contributed by atoms with Crippen LogP contribution in [-0.4, -0.2) is 13.4 Å². The predicted octanol–water partition coefficient (Wildman–Crippen LogP) is 3.85. The summed E-state index contributed by atoms with van der Waals surface area (Å²) < 4.78 is 22.0. The van der Waals surface area contributed by atoms with E-state index in [0.29, 0.717) is 0 Å². The van der Waals surface area contributed by atoms with Crippen LogP contribution in [-0.2, 0) is 0 Å². The van der Waals surface area contributed by atoms with Crippen LogP contribution >= 0.6 is 63.7 Å². The van der Waals surface area contributed by atoms with E-state index >= 15 is 0 Å². The molecule has 0 saturated carbocycles. The maximum Gasteiger partial charge on any atom is 0.227 e. The Balaban J connectivity index is 4.01. The van der Waals surface area contributed by atoms with Gasteiger partial charge in [0.15, 0.2) is 0 Å².